The summed E-state index contributed by atoms with van der Waals surface area (Å²) >= 11 is 0. The van der Waals surface area contributed by atoms with E-state index in [0.29, 0.717) is 23.9 Å². The van der Waals surface area contributed by atoms with Gasteiger partial charge in [0.15, 0.2) is 11.5 Å². The predicted molar refractivity (Wildman–Crippen MR) is 55.1 cm³/mol. The third-order valence-corrected chi connectivity index (χ3v) is 2.72. The van der Waals surface area contributed by atoms with Gasteiger partial charge in [0.2, 0.25) is 11.5 Å². The number of phenols is 1. The second-order valence-electron chi connectivity index (χ2n) is 3.45. The molecule has 1 aromatic carbocycles. The van der Waals surface area contributed by atoms with Crippen molar-refractivity contribution in [1.29, 1.82) is 0 Å². The summed E-state index contributed by atoms with van der Waals surface area (Å²) in [7, 11) is 3.03. The molecule has 0 saturated heterocycles. The average molecular weight is 210 g/mol. The van der Waals surface area contributed by atoms with E-state index in [1.807, 2.05) is 6.92 Å². The van der Waals surface area contributed by atoms with E-state index < -0.39 is 0 Å². The second kappa shape index (κ2) is 3.53. The van der Waals surface area contributed by atoms with Gasteiger partial charge in [0, 0.05) is 17.5 Å². The fraction of sp³-hybridized carbons (Fsp3) is 0.455. The minimum absolute atomic E-state index is 0.138. The summed E-state index contributed by atoms with van der Waals surface area (Å²) in [4.78, 5) is 0. The molecule has 0 bridgehead atoms. The van der Waals surface area contributed by atoms with Gasteiger partial charge in [0.05, 0.1) is 20.8 Å². The number of aromatic hydroxyl groups is 1. The molecule has 0 amide bonds. The van der Waals surface area contributed by atoms with Crippen LogP contribution in [0.3, 0.4) is 0 Å². The molecule has 0 spiro atoms. The van der Waals surface area contributed by atoms with E-state index in [9.17, 15) is 5.11 Å². The Morgan fingerprint density at radius 3 is 2.47 bits per heavy atom. The van der Waals surface area contributed by atoms with Crippen molar-refractivity contribution >= 4 is 0 Å². The van der Waals surface area contributed by atoms with Gasteiger partial charge in [-0.2, -0.15) is 0 Å². The van der Waals surface area contributed by atoms with Crippen LogP contribution in [0.2, 0.25) is 0 Å². The maximum Gasteiger partial charge on any atom is 0.207 e. The highest BCUT2D eigenvalue weighted by molar-refractivity contribution is 5.67. The Labute approximate surface area is 88.4 Å². The lowest BCUT2D eigenvalue weighted by Gasteiger charge is -2.15. The van der Waals surface area contributed by atoms with Gasteiger partial charge in [-0.15, -0.1) is 0 Å². The summed E-state index contributed by atoms with van der Waals surface area (Å²) in [6, 6.07) is 0. The minimum atomic E-state index is 0.138. The van der Waals surface area contributed by atoms with E-state index in [-0.39, 0.29) is 5.75 Å². The van der Waals surface area contributed by atoms with Crippen molar-refractivity contribution in [3.05, 3.63) is 11.1 Å². The number of hydrogen-bond donors (Lipinski definition) is 1. The highest BCUT2D eigenvalue weighted by Gasteiger charge is 2.27. The van der Waals surface area contributed by atoms with E-state index in [1.54, 1.807) is 0 Å². The van der Waals surface area contributed by atoms with E-state index in [0.717, 1.165) is 17.5 Å². The highest BCUT2D eigenvalue weighted by atomic mass is 16.5. The maximum absolute atomic E-state index is 9.91. The molecular formula is C11H14O4. The minimum Gasteiger partial charge on any atom is -0.504 e. The second-order valence-corrected chi connectivity index (χ2v) is 3.45. The molecule has 1 aromatic rings. The van der Waals surface area contributed by atoms with Crippen molar-refractivity contribution in [2.45, 2.75) is 13.3 Å². The highest BCUT2D eigenvalue weighted by Crippen LogP contribution is 2.50. The van der Waals surface area contributed by atoms with E-state index in [1.165, 1.54) is 14.2 Å². The Bertz CT molecular complexity index is 395. The summed E-state index contributed by atoms with van der Waals surface area (Å²) in [6.45, 7) is 2.48. The van der Waals surface area contributed by atoms with Crippen LogP contribution >= 0.6 is 0 Å². The maximum atomic E-state index is 9.91. The van der Waals surface area contributed by atoms with Crippen molar-refractivity contribution in [1.82, 2.24) is 0 Å². The number of rotatable bonds is 2. The summed E-state index contributed by atoms with van der Waals surface area (Å²) in [6.07, 6.45) is 0.801. The summed E-state index contributed by atoms with van der Waals surface area (Å²) < 4.78 is 15.8. The first-order valence-corrected chi connectivity index (χ1v) is 4.79. The van der Waals surface area contributed by atoms with Crippen LogP contribution in [0.15, 0.2) is 0 Å². The van der Waals surface area contributed by atoms with Crippen LogP contribution in [0, 0.1) is 6.92 Å². The van der Waals surface area contributed by atoms with Gasteiger partial charge in [-0.1, -0.05) is 0 Å². The van der Waals surface area contributed by atoms with E-state index >= 15 is 0 Å². The largest absolute Gasteiger partial charge is 0.504 e. The first kappa shape index (κ1) is 9.96. The third kappa shape index (κ3) is 1.28. The lowest BCUT2D eigenvalue weighted by molar-refractivity contribution is 0.300. The normalized spacial score (nSPS) is 13.3. The lowest BCUT2D eigenvalue weighted by Crippen LogP contribution is -1.96. The zero-order valence-electron chi connectivity index (χ0n) is 9.09. The van der Waals surface area contributed by atoms with Gasteiger partial charge in [-0.25, -0.2) is 0 Å². The van der Waals surface area contributed by atoms with Crippen LogP contribution in [0.1, 0.15) is 11.1 Å². The predicted octanol–water partition coefficient (Wildman–Crippen LogP) is 1.65. The smallest absolute Gasteiger partial charge is 0.207 e. The molecule has 0 aliphatic carbocycles. The monoisotopic (exact) mass is 210 g/mol. The summed E-state index contributed by atoms with van der Waals surface area (Å²) in [5, 5.41) is 9.91. The Morgan fingerprint density at radius 1 is 1.20 bits per heavy atom. The number of ether oxygens (including phenoxy) is 3. The number of hydrogen-bond acceptors (Lipinski definition) is 4. The molecule has 1 heterocycles. The van der Waals surface area contributed by atoms with Crippen LogP contribution < -0.4 is 14.2 Å². The van der Waals surface area contributed by atoms with Crippen LogP contribution in [-0.4, -0.2) is 25.9 Å². The van der Waals surface area contributed by atoms with Crippen LogP contribution in [0.25, 0.3) is 0 Å². The number of phenolic OH excluding ortho intramolecular Hbond substituents is 1. The van der Waals surface area contributed by atoms with Crippen molar-refractivity contribution in [3.8, 4) is 23.0 Å². The first-order valence-electron chi connectivity index (χ1n) is 4.79. The molecule has 4 nitrogen and oxygen atoms in total. The van der Waals surface area contributed by atoms with Crippen molar-refractivity contribution in [2.24, 2.45) is 0 Å². The molecule has 0 unspecified atom stereocenters. The Kier molecular flexibility index (Phi) is 2.34. The number of fused-ring (bicyclic) bond motifs is 1. The zero-order chi connectivity index (χ0) is 11.0. The molecule has 0 aromatic heterocycles. The molecule has 82 valence electrons. The standard InChI is InChI=1S/C11H14O4/c1-6-7-4-5-15-9(7)11(14-3)10(13-2)8(6)12/h12H,4-5H2,1-3H3. The van der Waals surface area contributed by atoms with E-state index in [4.69, 9.17) is 14.2 Å². The Morgan fingerprint density at radius 2 is 1.87 bits per heavy atom. The molecule has 0 fully saturated rings. The van der Waals surface area contributed by atoms with Crippen LogP contribution in [0.4, 0.5) is 0 Å². The Balaban J connectivity index is 2.72. The molecule has 0 saturated carbocycles. The molecule has 0 radical (unpaired) electrons. The SMILES string of the molecule is COc1c(O)c(C)c2c(c1OC)OCC2. The van der Waals surface area contributed by atoms with Gasteiger partial charge >= 0.3 is 0 Å². The molecule has 1 aliphatic heterocycles. The quantitative estimate of drug-likeness (QED) is 0.806. The third-order valence-electron chi connectivity index (χ3n) is 2.72. The summed E-state index contributed by atoms with van der Waals surface area (Å²) in [5.41, 5.74) is 1.81. The van der Waals surface area contributed by atoms with Gasteiger partial charge < -0.3 is 19.3 Å². The topological polar surface area (TPSA) is 47.9 Å². The fourth-order valence-corrected chi connectivity index (χ4v) is 1.91. The fourth-order valence-electron chi connectivity index (χ4n) is 1.91. The molecule has 15 heavy (non-hydrogen) atoms. The molecule has 1 N–H and O–H groups in total. The van der Waals surface area contributed by atoms with E-state index in [2.05, 4.69) is 0 Å². The first-order chi connectivity index (χ1) is 7.20. The zero-order valence-corrected chi connectivity index (χ0v) is 9.09. The van der Waals surface area contributed by atoms with Gasteiger partial charge in [-0.05, 0) is 6.92 Å². The van der Waals surface area contributed by atoms with Crippen molar-refractivity contribution < 1.29 is 19.3 Å². The molecular weight excluding hydrogens is 196 g/mol. The van der Waals surface area contributed by atoms with Crippen LogP contribution in [-0.2, 0) is 6.42 Å². The lowest BCUT2D eigenvalue weighted by atomic mass is 10.0. The Hall–Kier alpha value is -1.58. The number of methoxy groups -OCH3 is 2. The average Bonchev–Trinajstić information content (AvgIpc) is 2.71. The van der Waals surface area contributed by atoms with Crippen molar-refractivity contribution in [2.75, 3.05) is 20.8 Å². The molecule has 4 heteroatoms. The van der Waals surface area contributed by atoms with Crippen LogP contribution in [0.5, 0.6) is 23.0 Å². The van der Waals surface area contributed by atoms with Gasteiger partial charge in [0.25, 0.3) is 0 Å². The molecule has 2 rings (SSSR count). The van der Waals surface area contributed by atoms with Gasteiger partial charge in [-0.3, -0.25) is 0 Å². The van der Waals surface area contributed by atoms with Gasteiger partial charge in [0.1, 0.15) is 0 Å². The molecule has 1 aliphatic rings. The number of benzene rings is 1. The summed E-state index contributed by atoms with van der Waals surface area (Å²) in [5.74, 6) is 1.66. The van der Waals surface area contributed by atoms with Crippen molar-refractivity contribution in [3.63, 3.8) is 0 Å². The molecule has 0 atom stereocenters.